The third-order valence-electron chi connectivity index (χ3n) is 8.46. The normalized spacial score (nSPS) is 23.1. The largest absolute Gasteiger partial charge is 0.420 e. The monoisotopic (exact) mass is 515 g/mol. The molecular formula is C31H37N3O2S. The zero-order valence-electron chi connectivity index (χ0n) is 21.7. The van der Waals surface area contributed by atoms with Gasteiger partial charge in [-0.05, 0) is 96.3 Å². The van der Waals surface area contributed by atoms with Crippen molar-refractivity contribution in [2.24, 2.45) is 17.8 Å². The van der Waals surface area contributed by atoms with Crippen LogP contribution in [0.5, 0.6) is 5.06 Å². The molecule has 1 aromatic heterocycles. The minimum absolute atomic E-state index is 0.272. The molecule has 2 aromatic carbocycles. The van der Waals surface area contributed by atoms with Crippen LogP contribution in [-0.2, 0) is 13.0 Å². The summed E-state index contributed by atoms with van der Waals surface area (Å²) in [5.74, 6) is 1.87. The lowest BCUT2D eigenvalue weighted by Gasteiger charge is -2.29. The number of piperidine rings is 2. The molecule has 2 saturated heterocycles. The number of ether oxygens (including phenoxy) is 1. The Labute approximate surface area is 224 Å². The predicted octanol–water partition coefficient (Wildman–Crippen LogP) is 6.68. The third-order valence-corrected chi connectivity index (χ3v) is 9.21. The summed E-state index contributed by atoms with van der Waals surface area (Å²) < 4.78 is 5.77. The quantitative estimate of drug-likeness (QED) is 0.335. The number of benzene rings is 2. The molecule has 3 heterocycles. The van der Waals surface area contributed by atoms with Gasteiger partial charge in [-0.25, -0.2) is 4.79 Å². The molecular weight excluding hydrogens is 478 g/mol. The molecule has 2 atom stereocenters. The number of carbonyl (C=O) groups excluding carboxylic acids is 1. The van der Waals surface area contributed by atoms with Gasteiger partial charge in [-0.3, -0.25) is 9.80 Å². The molecule has 6 rings (SSSR count). The Hall–Kier alpha value is -2.83. The summed E-state index contributed by atoms with van der Waals surface area (Å²) in [6.07, 6.45) is 4.65. The van der Waals surface area contributed by atoms with Crippen LogP contribution in [0.15, 0.2) is 66.0 Å². The fourth-order valence-electron chi connectivity index (χ4n) is 6.23. The molecule has 5 nitrogen and oxygen atoms in total. The Morgan fingerprint density at radius 1 is 0.946 bits per heavy atom. The fourth-order valence-corrected chi connectivity index (χ4v) is 6.80. The summed E-state index contributed by atoms with van der Waals surface area (Å²) in [6.45, 7) is 8.42. The summed E-state index contributed by atoms with van der Waals surface area (Å²) in [6, 6.07) is 21.4. The highest BCUT2D eigenvalue weighted by atomic mass is 32.1. The first-order chi connectivity index (χ1) is 18.2. The van der Waals surface area contributed by atoms with E-state index in [0.717, 1.165) is 51.4 Å². The second-order valence-corrected chi connectivity index (χ2v) is 11.7. The maximum Gasteiger partial charge on any atom is 0.420 e. The van der Waals surface area contributed by atoms with Gasteiger partial charge in [0.05, 0.1) is 0 Å². The van der Waals surface area contributed by atoms with Gasteiger partial charge in [-0.2, -0.15) is 0 Å². The van der Waals surface area contributed by atoms with Crippen molar-refractivity contribution >= 4 is 28.8 Å². The molecule has 6 heteroatoms. The lowest BCUT2D eigenvalue weighted by Crippen LogP contribution is -2.37. The van der Waals surface area contributed by atoms with E-state index in [4.69, 9.17) is 4.74 Å². The molecule has 3 fully saturated rings. The van der Waals surface area contributed by atoms with Crippen LogP contribution in [0.25, 0.3) is 0 Å². The van der Waals surface area contributed by atoms with E-state index in [0.29, 0.717) is 22.8 Å². The van der Waals surface area contributed by atoms with E-state index in [2.05, 4.69) is 65.3 Å². The average molecular weight is 516 g/mol. The average Bonchev–Trinajstić information content (AvgIpc) is 3.27. The van der Waals surface area contributed by atoms with Gasteiger partial charge in [0.1, 0.15) is 0 Å². The Balaban J connectivity index is 1.11. The number of thiophene rings is 1. The Kier molecular flexibility index (Phi) is 7.21. The molecule has 3 aliphatic rings. The van der Waals surface area contributed by atoms with E-state index < -0.39 is 0 Å². The van der Waals surface area contributed by atoms with Crippen LogP contribution >= 0.6 is 11.3 Å². The highest BCUT2D eigenvalue weighted by Crippen LogP contribution is 2.52. The highest BCUT2D eigenvalue weighted by molar-refractivity contribution is 7.11. The van der Waals surface area contributed by atoms with Gasteiger partial charge in [-0.15, -0.1) is 11.3 Å². The number of aryl methyl sites for hydroxylation is 1. The standard InChI is InChI=1S/C31H37N3O2S/c1-2-23-8-10-24(11-9-23)19-32-20-27-28(21-32)29(27)22-34(31(35)36-30-7-6-18-37-30)26-14-12-25(13-15-26)33-16-4-3-5-17-33/h6-15,18,27-29H,2-5,16-17,19-22H2,1H3. The van der Waals surface area contributed by atoms with Gasteiger partial charge in [0, 0.05) is 50.6 Å². The number of carbonyl (C=O) groups is 1. The van der Waals surface area contributed by atoms with Crippen LogP contribution in [0.1, 0.15) is 37.3 Å². The number of fused-ring (bicyclic) bond motifs is 1. The summed E-state index contributed by atoms with van der Waals surface area (Å²) in [4.78, 5) is 20.2. The molecule has 37 heavy (non-hydrogen) atoms. The lowest BCUT2D eigenvalue weighted by atomic mass is 10.1. The van der Waals surface area contributed by atoms with E-state index in [9.17, 15) is 4.79 Å². The van der Waals surface area contributed by atoms with Gasteiger partial charge >= 0.3 is 6.09 Å². The smallest absolute Gasteiger partial charge is 0.399 e. The summed E-state index contributed by atoms with van der Waals surface area (Å²) >= 11 is 1.46. The zero-order chi connectivity index (χ0) is 25.2. The first-order valence-electron chi connectivity index (χ1n) is 13.9. The van der Waals surface area contributed by atoms with E-state index in [1.807, 2.05) is 22.4 Å². The number of amides is 1. The Morgan fingerprint density at radius 2 is 1.65 bits per heavy atom. The molecule has 2 aliphatic heterocycles. The first kappa shape index (κ1) is 24.5. The van der Waals surface area contributed by atoms with Crippen molar-refractivity contribution in [1.29, 1.82) is 0 Å². The predicted molar refractivity (Wildman–Crippen MR) is 152 cm³/mol. The van der Waals surface area contributed by atoms with Crippen molar-refractivity contribution in [1.82, 2.24) is 4.90 Å². The Bertz CT molecular complexity index is 1160. The van der Waals surface area contributed by atoms with E-state index in [1.165, 1.54) is 47.4 Å². The zero-order valence-corrected chi connectivity index (χ0v) is 22.5. The highest BCUT2D eigenvalue weighted by Gasteiger charge is 2.56. The van der Waals surface area contributed by atoms with Crippen molar-refractivity contribution in [3.8, 4) is 5.06 Å². The minimum Gasteiger partial charge on any atom is -0.399 e. The first-order valence-corrected chi connectivity index (χ1v) is 14.7. The van der Waals surface area contributed by atoms with E-state index in [-0.39, 0.29) is 6.09 Å². The molecule has 0 spiro atoms. The SMILES string of the molecule is CCc1ccc(CN2CC3C(C2)C3CN(C(=O)Oc2cccs2)c2ccc(N3CCCCC3)cc2)cc1. The number of rotatable bonds is 8. The van der Waals surface area contributed by atoms with Crippen LogP contribution in [-0.4, -0.2) is 43.7 Å². The maximum atomic E-state index is 13.3. The van der Waals surface area contributed by atoms with E-state index in [1.54, 1.807) is 0 Å². The number of hydrogen-bond donors (Lipinski definition) is 0. The van der Waals surface area contributed by atoms with Gasteiger partial charge < -0.3 is 9.64 Å². The van der Waals surface area contributed by atoms with Crippen molar-refractivity contribution in [3.63, 3.8) is 0 Å². The molecule has 1 saturated carbocycles. The van der Waals surface area contributed by atoms with Gasteiger partial charge in [0.15, 0.2) is 5.06 Å². The van der Waals surface area contributed by atoms with Crippen LogP contribution in [0.3, 0.4) is 0 Å². The molecule has 0 radical (unpaired) electrons. The van der Waals surface area contributed by atoms with E-state index >= 15 is 0 Å². The second-order valence-electron chi connectivity index (χ2n) is 10.8. The van der Waals surface area contributed by atoms with Gasteiger partial charge in [0.2, 0.25) is 0 Å². The Morgan fingerprint density at radius 3 is 2.30 bits per heavy atom. The van der Waals surface area contributed by atoms with Crippen molar-refractivity contribution in [3.05, 3.63) is 77.2 Å². The number of likely N-dealkylation sites (tertiary alicyclic amines) is 1. The molecule has 0 bridgehead atoms. The van der Waals surface area contributed by atoms with Crippen molar-refractivity contribution < 1.29 is 9.53 Å². The second kappa shape index (κ2) is 10.9. The van der Waals surface area contributed by atoms with Gasteiger partial charge in [0.25, 0.3) is 0 Å². The number of nitrogens with zero attached hydrogens (tertiary/aromatic N) is 3. The molecule has 1 aliphatic carbocycles. The lowest BCUT2D eigenvalue weighted by molar-refractivity contribution is 0.207. The summed E-state index contributed by atoms with van der Waals surface area (Å²) in [5, 5.41) is 2.59. The molecule has 1 amide bonds. The van der Waals surface area contributed by atoms with Crippen LogP contribution in [0, 0.1) is 17.8 Å². The summed E-state index contributed by atoms with van der Waals surface area (Å²) in [5.41, 5.74) is 4.97. The third kappa shape index (κ3) is 5.55. The summed E-state index contributed by atoms with van der Waals surface area (Å²) in [7, 11) is 0. The van der Waals surface area contributed by atoms with Crippen LogP contribution in [0.2, 0.25) is 0 Å². The topological polar surface area (TPSA) is 36.0 Å². The number of hydrogen-bond acceptors (Lipinski definition) is 5. The van der Waals surface area contributed by atoms with Crippen LogP contribution < -0.4 is 14.5 Å². The number of anilines is 2. The molecule has 2 unspecified atom stereocenters. The maximum absolute atomic E-state index is 13.3. The van der Waals surface area contributed by atoms with Gasteiger partial charge in [-0.1, -0.05) is 31.2 Å². The fraction of sp³-hybridized carbons (Fsp3) is 0.452. The van der Waals surface area contributed by atoms with Crippen molar-refractivity contribution in [2.75, 3.05) is 42.5 Å². The van der Waals surface area contributed by atoms with Crippen molar-refractivity contribution in [2.45, 2.75) is 39.2 Å². The minimum atomic E-state index is -0.272. The molecule has 194 valence electrons. The molecule has 0 N–H and O–H groups in total. The molecule has 3 aromatic rings. The van der Waals surface area contributed by atoms with Crippen LogP contribution in [0.4, 0.5) is 16.2 Å².